The standard InChI is InChI=1S/C13H15F3N2OS/c1-18(12(19)4-5-13(14,15)16)8-10-7-11(20-9-10)3-2-6-17/h7,9H,4-6,8,17H2,1H3. The third-order valence-corrected chi connectivity index (χ3v) is 3.33. The maximum absolute atomic E-state index is 12.0. The van der Waals surface area contributed by atoms with E-state index in [9.17, 15) is 18.0 Å². The molecule has 0 unspecified atom stereocenters. The molecule has 0 aliphatic heterocycles. The van der Waals surface area contributed by atoms with Crippen molar-refractivity contribution in [2.45, 2.75) is 25.6 Å². The van der Waals surface area contributed by atoms with Crippen molar-refractivity contribution in [2.75, 3.05) is 13.6 Å². The molecule has 1 heterocycles. The van der Waals surface area contributed by atoms with Crippen molar-refractivity contribution >= 4 is 17.2 Å². The normalized spacial score (nSPS) is 10.8. The van der Waals surface area contributed by atoms with Gasteiger partial charge in [-0.2, -0.15) is 13.2 Å². The number of hydrogen-bond acceptors (Lipinski definition) is 3. The second-order valence-corrected chi connectivity index (χ2v) is 5.10. The van der Waals surface area contributed by atoms with Crippen molar-refractivity contribution in [1.29, 1.82) is 0 Å². The molecule has 0 aliphatic carbocycles. The molecule has 0 radical (unpaired) electrons. The Morgan fingerprint density at radius 3 is 2.80 bits per heavy atom. The number of halogens is 3. The van der Waals surface area contributed by atoms with Crippen molar-refractivity contribution in [3.63, 3.8) is 0 Å². The Balaban J connectivity index is 2.51. The van der Waals surface area contributed by atoms with E-state index in [1.165, 1.54) is 23.3 Å². The third-order valence-electron chi connectivity index (χ3n) is 2.44. The maximum atomic E-state index is 12.0. The SMILES string of the molecule is CN(Cc1csc(C#CCN)c1)C(=O)CCC(F)(F)F. The van der Waals surface area contributed by atoms with Gasteiger partial charge in [-0.25, -0.2) is 0 Å². The number of nitrogens with two attached hydrogens (primary N) is 1. The molecule has 1 amide bonds. The molecule has 1 rings (SSSR count). The molecule has 20 heavy (non-hydrogen) atoms. The Morgan fingerprint density at radius 1 is 1.50 bits per heavy atom. The van der Waals surface area contributed by atoms with Crippen LogP contribution in [0.2, 0.25) is 0 Å². The number of carbonyl (C=O) groups is 1. The molecule has 1 aromatic rings. The van der Waals surface area contributed by atoms with E-state index in [2.05, 4.69) is 11.8 Å². The van der Waals surface area contributed by atoms with Gasteiger partial charge in [-0.05, 0) is 17.0 Å². The van der Waals surface area contributed by atoms with Crippen LogP contribution in [0.3, 0.4) is 0 Å². The third kappa shape index (κ3) is 6.08. The summed E-state index contributed by atoms with van der Waals surface area (Å²) >= 11 is 1.41. The zero-order chi connectivity index (χ0) is 15.2. The van der Waals surface area contributed by atoms with Crippen LogP contribution in [0, 0.1) is 11.8 Å². The molecule has 0 saturated carbocycles. The predicted octanol–water partition coefficient (Wildman–Crippen LogP) is 2.36. The van der Waals surface area contributed by atoms with E-state index < -0.39 is 24.9 Å². The van der Waals surface area contributed by atoms with Gasteiger partial charge in [0.2, 0.25) is 5.91 Å². The van der Waals surface area contributed by atoms with Gasteiger partial charge in [0, 0.05) is 20.0 Å². The summed E-state index contributed by atoms with van der Waals surface area (Å²) in [7, 11) is 1.49. The van der Waals surface area contributed by atoms with Crippen LogP contribution in [-0.4, -0.2) is 30.6 Å². The Hall–Kier alpha value is -1.52. The highest BCUT2D eigenvalue weighted by molar-refractivity contribution is 7.10. The number of amides is 1. The molecule has 2 N–H and O–H groups in total. The molecule has 0 aliphatic rings. The van der Waals surface area contributed by atoms with Gasteiger partial charge < -0.3 is 10.6 Å². The average Bonchev–Trinajstić information content (AvgIpc) is 2.80. The van der Waals surface area contributed by atoms with E-state index in [1.807, 2.05) is 5.38 Å². The molecule has 0 bridgehead atoms. The van der Waals surface area contributed by atoms with Crippen LogP contribution in [0.1, 0.15) is 23.3 Å². The summed E-state index contributed by atoms with van der Waals surface area (Å²) in [6.45, 7) is 0.542. The smallest absolute Gasteiger partial charge is 0.341 e. The van der Waals surface area contributed by atoms with Crippen LogP contribution in [0.25, 0.3) is 0 Å². The van der Waals surface area contributed by atoms with E-state index in [4.69, 9.17) is 5.73 Å². The summed E-state index contributed by atoms with van der Waals surface area (Å²) in [4.78, 5) is 13.7. The minimum absolute atomic E-state index is 0.267. The molecular formula is C13H15F3N2OS. The van der Waals surface area contributed by atoms with Crippen molar-refractivity contribution in [1.82, 2.24) is 4.90 Å². The van der Waals surface area contributed by atoms with E-state index in [1.54, 1.807) is 6.07 Å². The lowest BCUT2D eigenvalue weighted by Crippen LogP contribution is -2.27. The van der Waals surface area contributed by atoms with Crippen molar-refractivity contribution < 1.29 is 18.0 Å². The molecule has 3 nitrogen and oxygen atoms in total. The van der Waals surface area contributed by atoms with Gasteiger partial charge in [0.1, 0.15) is 0 Å². The van der Waals surface area contributed by atoms with Crippen molar-refractivity contribution in [2.24, 2.45) is 5.73 Å². The van der Waals surface area contributed by atoms with Gasteiger partial charge in [-0.3, -0.25) is 4.79 Å². The van der Waals surface area contributed by atoms with Gasteiger partial charge in [0.25, 0.3) is 0 Å². The second-order valence-electron chi connectivity index (χ2n) is 4.19. The summed E-state index contributed by atoms with van der Waals surface area (Å²) in [5.41, 5.74) is 6.10. The fourth-order valence-electron chi connectivity index (χ4n) is 1.46. The fourth-order valence-corrected chi connectivity index (χ4v) is 2.24. The number of carbonyl (C=O) groups excluding carboxylic acids is 1. The first-order valence-corrected chi connectivity index (χ1v) is 6.77. The lowest BCUT2D eigenvalue weighted by Gasteiger charge is -2.16. The van der Waals surface area contributed by atoms with Crippen LogP contribution >= 0.6 is 11.3 Å². The van der Waals surface area contributed by atoms with Crippen molar-refractivity contribution in [3.8, 4) is 11.8 Å². The van der Waals surface area contributed by atoms with Crippen LogP contribution in [0.15, 0.2) is 11.4 Å². The fraction of sp³-hybridized carbons (Fsp3) is 0.462. The highest BCUT2D eigenvalue weighted by atomic mass is 32.1. The van der Waals surface area contributed by atoms with E-state index in [-0.39, 0.29) is 13.1 Å². The van der Waals surface area contributed by atoms with E-state index in [0.717, 1.165) is 10.4 Å². The predicted molar refractivity (Wildman–Crippen MR) is 72.0 cm³/mol. The number of alkyl halides is 3. The van der Waals surface area contributed by atoms with E-state index >= 15 is 0 Å². The van der Waals surface area contributed by atoms with Crippen molar-refractivity contribution in [3.05, 3.63) is 21.9 Å². The van der Waals surface area contributed by atoms with Crippen LogP contribution in [0.4, 0.5) is 13.2 Å². The lowest BCUT2D eigenvalue weighted by atomic mass is 10.2. The topological polar surface area (TPSA) is 46.3 Å². The first-order valence-electron chi connectivity index (χ1n) is 5.89. The highest BCUT2D eigenvalue weighted by Crippen LogP contribution is 2.22. The van der Waals surface area contributed by atoms with Gasteiger partial charge in [-0.15, -0.1) is 11.3 Å². The largest absolute Gasteiger partial charge is 0.389 e. The van der Waals surface area contributed by atoms with Gasteiger partial charge in [0.05, 0.1) is 17.8 Å². The molecule has 110 valence electrons. The number of thiophene rings is 1. The molecule has 0 spiro atoms. The summed E-state index contributed by atoms with van der Waals surface area (Å²) in [5, 5.41) is 1.83. The Bertz CT molecular complexity index is 514. The van der Waals surface area contributed by atoms with Crippen LogP contribution < -0.4 is 5.73 Å². The first kappa shape index (κ1) is 16.5. The van der Waals surface area contributed by atoms with Crippen LogP contribution in [-0.2, 0) is 11.3 Å². The minimum Gasteiger partial charge on any atom is -0.341 e. The second kappa shape index (κ2) is 7.31. The van der Waals surface area contributed by atoms with Gasteiger partial charge >= 0.3 is 6.18 Å². The Morgan fingerprint density at radius 2 is 2.20 bits per heavy atom. The lowest BCUT2D eigenvalue weighted by molar-refractivity contribution is -0.148. The molecule has 0 aromatic carbocycles. The molecular weight excluding hydrogens is 289 g/mol. The average molecular weight is 304 g/mol. The van der Waals surface area contributed by atoms with Gasteiger partial charge in [-0.1, -0.05) is 11.8 Å². The summed E-state index contributed by atoms with van der Waals surface area (Å²) in [6, 6.07) is 1.81. The summed E-state index contributed by atoms with van der Waals surface area (Å²) < 4.78 is 36.1. The monoisotopic (exact) mass is 304 g/mol. The molecule has 0 atom stereocenters. The number of nitrogens with zero attached hydrogens (tertiary/aromatic N) is 1. The zero-order valence-corrected chi connectivity index (χ0v) is 11.8. The number of hydrogen-bond donors (Lipinski definition) is 1. The quantitative estimate of drug-likeness (QED) is 0.868. The molecule has 0 saturated heterocycles. The molecule has 0 fully saturated rings. The zero-order valence-electron chi connectivity index (χ0n) is 11.0. The molecule has 7 heteroatoms. The Labute approximate surface area is 119 Å². The van der Waals surface area contributed by atoms with Crippen LogP contribution in [0.5, 0.6) is 0 Å². The van der Waals surface area contributed by atoms with Gasteiger partial charge in [0.15, 0.2) is 0 Å². The minimum atomic E-state index is -4.30. The number of rotatable bonds is 4. The Kier molecular flexibility index (Phi) is 6.05. The maximum Gasteiger partial charge on any atom is 0.389 e. The van der Waals surface area contributed by atoms with E-state index in [0.29, 0.717) is 0 Å². The molecule has 1 aromatic heterocycles. The summed E-state index contributed by atoms with van der Waals surface area (Å²) in [5.74, 6) is 5.05. The highest BCUT2D eigenvalue weighted by Gasteiger charge is 2.28. The summed E-state index contributed by atoms with van der Waals surface area (Å²) in [6.07, 6.45) is -5.92. The first-order chi connectivity index (χ1) is 9.31.